The number of carbonyl (C=O) groups is 3. The molecule has 0 aliphatic rings. The van der Waals surface area contributed by atoms with Crippen LogP contribution in [-0.2, 0) is 14.3 Å². The fourth-order valence-electron chi connectivity index (χ4n) is 4.18. The number of phenols is 1. The fraction of sp³-hybridized carbons (Fsp3) is 0.500. The molecule has 2 aromatic rings. The number of hydrogen-bond donors (Lipinski definition) is 3. The Balaban J connectivity index is 2.46. The zero-order valence-corrected chi connectivity index (χ0v) is 24.7. The van der Waals surface area contributed by atoms with Crippen molar-refractivity contribution in [2.24, 2.45) is 0 Å². The third kappa shape index (κ3) is 9.77. The molecular weight excluding hydrogens is 518 g/mol. The van der Waals surface area contributed by atoms with E-state index in [1.165, 1.54) is 4.90 Å². The van der Waals surface area contributed by atoms with Crippen LogP contribution in [0.3, 0.4) is 0 Å². The Morgan fingerprint density at radius 3 is 2.28 bits per heavy atom. The van der Waals surface area contributed by atoms with Gasteiger partial charge in [0.25, 0.3) is 5.91 Å². The first-order valence-electron chi connectivity index (χ1n) is 13.5. The monoisotopic (exact) mass is 559 g/mol. The van der Waals surface area contributed by atoms with E-state index in [9.17, 15) is 19.5 Å². The largest absolute Gasteiger partial charge is 0.507 e. The fourth-order valence-corrected chi connectivity index (χ4v) is 4.45. The van der Waals surface area contributed by atoms with Gasteiger partial charge in [0.15, 0.2) is 0 Å². The summed E-state index contributed by atoms with van der Waals surface area (Å²) in [5.74, 6) is -1.07. The molecule has 0 aliphatic carbocycles. The molecule has 0 spiro atoms. The number of para-hydroxylation sites is 2. The number of aryl methyl sites for hydroxylation is 2. The molecule has 8 nitrogen and oxygen atoms in total. The molecule has 39 heavy (non-hydrogen) atoms. The van der Waals surface area contributed by atoms with Gasteiger partial charge in [0.2, 0.25) is 5.91 Å². The lowest BCUT2D eigenvalue weighted by molar-refractivity contribution is -0.138. The number of aromatic hydroxyl groups is 1. The van der Waals surface area contributed by atoms with Crippen LogP contribution in [0.25, 0.3) is 0 Å². The second-order valence-corrected chi connectivity index (χ2v) is 11.1. The van der Waals surface area contributed by atoms with Gasteiger partial charge in [-0.25, -0.2) is 4.79 Å². The lowest BCUT2D eigenvalue weighted by atomic mass is 9.99. The molecular formula is C30H42ClN3O5. The lowest BCUT2D eigenvalue weighted by Crippen LogP contribution is -2.47. The van der Waals surface area contributed by atoms with Crippen LogP contribution in [-0.4, -0.2) is 46.6 Å². The van der Waals surface area contributed by atoms with Crippen molar-refractivity contribution in [3.8, 4) is 5.75 Å². The number of nitrogens with one attached hydrogen (secondary N) is 2. The minimum absolute atomic E-state index is 0.0718. The summed E-state index contributed by atoms with van der Waals surface area (Å²) in [7, 11) is 0. The highest BCUT2D eigenvalue weighted by Crippen LogP contribution is 2.34. The first-order chi connectivity index (χ1) is 18.4. The Morgan fingerprint density at radius 2 is 1.64 bits per heavy atom. The van der Waals surface area contributed by atoms with E-state index in [4.69, 9.17) is 16.3 Å². The molecule has 0 aliphatic heterocycles. The molecule has 9 heteroatoms. The number of rotatable bonds is 12. The van der Waals surface area contributed by atoms with E-state index in [0.717, 1.165) is 31.2 Å². The van der Waals surface area contributed by atoms with E-state index in [-0.39, 0.29) is 24.4 Å². The number of unbranched alkanes of at least 4 members (excludes halogenated alkanes) is 4. The molecule has 0 fully saturated rings. The van der Waals surface area contributed by atoms with Gasteiger partial charge in [-0.1, -0.05) is 74.5 Å². The van der Waals surface area contributed by atoms with Crippen molar-refractivity contribution in [2.75, 3.05) is 18.4 Å². The summed E-state index contributed by atoms with van der Waals surface area (Å²) in [6.07, 6.45) is 3.93. The molecule has 0 saturated heterocycles. The van der Waals surface area contributed by atoms with Gasteiger partial charge in [-0.05, 0) is 58.2 Å². The number of halogens is 1. The Labute approximate surface area is 237 Å². The average Bonchev–Trinajstić information content (AvgIpc) is 2.85. The zero-order chi connectivity index (χ0) is 29.2. The summed E-state index contributed by atoms with van der Waals surface area (Å²) in [6.45, 7) is 10.7. The second kappa shape index (κ2) is 14.8. The number of benzene rings is 2. The van der Waals surface area contributed by atoms with Crippen LogP contribution in [0.2, 0.25) is 5.02 Å². The van der Waals surface area contributed by atoms with Crippen LogP contribution < -0.4 is 10.6 Å². The highest BCUT2D eigenvalue weighted by atomic mass is 35.5. The van der Waals surface area contributed by atoms with Gasteiger partial charge in [0.1, 0.15) is 23.9 Å². The SMILES string of the molecule is CCCCCCCN(C(=O)CNC(=O)OC(C)(C)C)C(C(=O)Nc1c(C)cccc1Cl)c1cccc(C)c1O. The van der Waals surface area contributed by atoms with Crippen molar-refractivity contribution in [3.63, 3.8) is 0 Å². The van der Waals surface area contributed by atoms with Gasteiger partial charge in [-0.2, -0.15) is 0 Å². The van der Waals surface area contributed by atoms with Crippen LogP contribution >= 0.6 is 11.6 Å². The number of phenolic OH excluding ortho intramolecular Hbond substituents is 1. The van der Waals surface area contributed by atoms with Crippen LogP contribution in [0, 0.1) is 13.8 Å². The first kappa shape index (κ1) is 32.0. The Kier molecular flexibility index (Phi) is 12.1. The van der Waals surface area contributed by atoms with Crippen molar-refractivity contribution in [1.82, 2.24) is 10.2 Å². The van der Waals surface area contributed by atoms with E-state index in [1.807, 2.05) is 13.0 Å². The van der Waals surface area contributed by atoms with Gasteiger partial charge in [-0.3, -0.25) is 9.59 Å². The lowest BCUT2D eigenvalue weighted by Gasteiger charge is -2.32. The highest BCUT2D eigenvalue weighted by molar-refractivity contribution is 6.34. The van der Waals surface area contributed by atoms with E-state index in [1.54, 1.807) is 58.0 Å². The van der Waals surface area contributed by atoms with Crippen molar-refractivity contribution in [2.45, 2.75) is 85.3 Å². The maximum atomic E-state index is 13.9. The van der Waals surface area contributed by atoms with E-state index < -0.39 is 29.6 Å². The molecule has 1 unspecified atom stereocenters. The van der Waals surface area contributed by atoms with Gasteiger partial charge >= 0.3 is 6.09 Å². The average molecular weight is 560 g/mol. The third-order valence-corrected chi connectivity index (χ3v) is 6.51. The molecule has 3 amide bonds. The number of ether oxygens (including phenoxy) is 1. The Bertz CT molecular complexity index is 1130. The van der Waals surface area contributed by atoms with Crippen LogP contribution in [0.4, 0.5) is 10.5 Å². The minimum atomic E-state index is -1.17. The van der Waals surface area contributed by atoms with E-state index in [0.29, 0.717) is 22.7 Å². The molecule has 0 heterocycles. The van der Waals surface area contributed by atoms with Crippen molar-refractivity contribution >= 4 is 35.2 Å². The molecule has 2 aromatic carbocycles. The van der Waals surface area contributed by atoms with Gasteiger partial charge in [-0.15, -0.1) is 0 Å². The van der Waals surface area contributed by atoms with Crippen molar-refractivity contribution in [1.29, 1.82) is 0 Å². The highest BCUT2D eigenvalue weighted by Gasteiger charge is 2.34. The maximum Gasteiger partial charge on any atom is 0.408 e. The Hall–Kier alpha value is -3.26. The number of anilines is 1. The zero-order valence-electron chi connectivity index (χ0n) is 23.9. The maximum absolute atomic E-state index is 13.9. The number of nitrogens with zero attached hydrogens (tertiary/aromatic N) is 1. The van der Waals surface area contributed by atoms with Crippen LogP contribution in [0.15, 0.2) is 36.4 Å². The molecule has 0 bridgehead atoms. The predicted molar refractivity (Wildman–Crippen MR) is 155 cm³/mol. The second-order valence-electron chi connectivity index (χ2n) is 10.7. The van der Waals surface area contributed by atoms with Crippen LogP contribution in [0.1, 0.15) is 82.5 Å². The molecule has 0 saturated carbocycles. The predicted octanol–water partition coefficient (Wildman–Crippen LogP) is 6.67. The summed E-state index contributed by atoms with van der Waals surface area (Å²) in [5.41, 5.74) is 1.32. The number of amides is 3. The molecule has 1 atom stereocenters. The van der Waals surface area contributed by atoms with Crippen molar-refractivity contribution in [3.05, 3.63) is 58.1 Å². The smallest absolute Gasteiger partial charge is 0.408 e. The van der Waals surface area contributed by atoms with Gasteiger partial charge < -0.3 is 25.4 Å². The Morgan fingerprint density at radius 1 is 1.00 bits per heavy atom. The summed E-state index contributed by atoms with van der Waals surface area (Å²) < 4.78 is 5.27. The molecule has 2 rings (SSSR count). The molecule has 3 N–H and O–H groups in total. The van der Waals surface area contributed by atoms with Gasteiger partial charge in [0, 0.05) is 12.1 Å². The summed E-state index contributed by atoms with van der Waals surface area (Å²) in [5, 5.41) is 16.7. The number of hydrogen-bond acceptors (Lipinski definition) is 5. The van der Waals surface area contributed by atoms with Crippen molar-refractivity contribution < 1.29 is 24.2 Å². The number of alkyl carbamates (subject to hydrolysis) is 1. The number of carbonyl (C=O) groups excluding carboxylic acids is 3. The third-order valence-electron chi connectivity index (χ3n) is 6.20. The molecule has 0 aromatic heterocycles. The minimum Gasteiger partial charge on any atom is -0.507 e. The summed E-state index contributed by atoms with van der Waals surface area (Å²) in [6, 6.07) is 9.20. The summed E-state index contributed by atoms with van der Waals surface area (Å²) in [4.78, 5) is 41.2. The normalized spacial score (nSPS) is 12.0. The standard InChI is InChI=1S/C30H42ClN3O5/c1-7-8-9-10-11-18-34(24(35)19-32-29(38)39-30(4,5)6)26(22-16-12-15-21(3)27(22)36)28(37)33-25-20(2)14-13-17-23(25)31/h12-17,26,36H,7-11,18-19H2,1-6H3,(H,32,38)(H,33,37). The van der Waals surface area contributed by atoms with Gasteiger partial charge in [0.05, 0.1) is 10.7 Å². The molecule has 0 radical (unpaired) electrons. The van der Waals surface area contributed by atoms with E-state index in [2.05, 4.69) is 17.6 Å². The van der Waals surface area contributed by atoms with E-state index >= 15 is 0 Å². The molecule has 214 valence electrons. The first-order valence-corrected chi connectivity index (χ1v) is 13.8. The summed E-state index contributed by atoms with van der Waals surface area (Å²) >= 11 is 6.39. The topological polar surface area (TPSA) is 108 Å². The quantitative estimate of drug-likeness (QED) is 0.252. The van der Waals surface area contributed by atoms with Crippen LogP contribution in [0.5, 0.6) is 5.75 Å².